The molecule has 0 aliphatic heterocycles. The van der Waals surface area contributed by atoms with E-state index in [9.17, 15) is 4.79 Å². The molecule has 0 aliphatic carbocycles. The van der Waals surface area contributed by atoms with Gasteiger partial charge < -0.3 is 15.8 Å². The Morgan fingerprint density at radius 3 is 3.11 bits per heavy atom. The molecule has 2 aromatic rings. The van der Waals surface area contributed by atoms with E-state index in [1.807, 2.05) is 0 Å². The number of aromatic nitrogens is 4. The fourth-order valence-corrected chi connectivity index (χ4v) is 1.98. The number of rotatable bonds is 6. The van der Waals surface area contributed by atoms with Crippen LogP contribution in [0.4, 0.5) is 5.82 Å². The van der Waals surface area contributed by atoms with Crippen molar-refractivity contribution in [3.63, 3.8) is 0 Å². The van der Waals surface area contributed by atoms with Crippen LogP contribution < -0.4 is 16.7 Å². The van der Waals surface area contributed by atoms with E-state index in [1.54, 1.807) is 20.1 Å². The smallest absolute Gasteiger partial charge is 0.349 e. The van der Waals surface area contributed by atoms with E-state index in [0.717, 1.165) is 6.42 Å². The van der Waals surface area contributed by atoms with E-state index in [2.05, 4.69) is 20.5 Å². The molecular weight excluding hydrogens is 248 g/mol. The lowest BCUT2D eigenvalue weighted by Gasteiger charge is -2.17. The van der Waals surface area contributed by atoms with Gasteiger partial charge in [0.05, 0.1) is 12.6 Å². The molecule has 2 aromatic heterocycles. The third-order valence-corrected chi connectivity index (χ3v) is 2.80. The van der Waals surface area contributed by atoms with Gasteiger partial charge in [0, 0.05) is 13.2 Å². The standard InChI is InChI=1S/C11H18N6O2/c1-7-13-9(14-8(3-4-12)6-19-2)5-10-15-16-11(18)17(7)10/h5,8,14H,3-4,6,12H2,1-2H3,(H,16,18). The van der Waals surface area contributed by atoms with Gasteiger partial charge in [-0.1, -0.05) is 0 Å². The maximum Gasteiger partial charge on any atom is 0.349 e. The minimum atomic E-state index is -0.290. The molecule has 0 aliphatic rings. The zero-order valence-electron chi connectivity index (χ0n) is 11.0. The van der Waals surface area contributed by atoms with Crippen LogP contribution in [-0.4, -0.2) is 45.9 Å². The molecule has 0 amide bonds. The lowest BCUT2D eigenvalue weighted by atomic mass is 10.2. The second-order valence-electron chi connectivity index (χ2n) is 4.28. The third kappa shape index (κ3) is 2.91. The van der Waals surface area contributed by atoms with Crippen LogP contribution in [-0.2, 0) is 4.74 Å². The number of methoxy groups -OCH3 is 1. The van der Waals surface area contributed by atoms with Crippen molar-refractivity contribution in [1.82, 2.24) is 19.6 Å². The van der Waals surface area contributed by atoms with Gasteiger partial charge in [0.25, 0.3) is 0 Å². The van der Waals surface area contributed by atoms with Crippen molar-refractivity contribution in [3.8, 4) is 0 Å². The molecular formula is C11H18N6O2. The Hall–Kier alpha value is -1.93. The lowest BCUT2D eigenvalue weighted by molar-refractivity contribution is 0.183. The number of hydrogen-bond donors (Lipinski definition) is 3. The zero-order valence-corrected chi connectivity index (χ0v) is 11.0. The van der Waals surface area contributed by atoms with Crippen LogP contribution in [0, 0.1) is 6.92 Å². The summed E-state index contributed by atoms with van der Waals surface area (Å²) in [4.78, 5) is 15.8. The minimum absolute atomic E-state index is 0.0787. The van der Waals surface area contributed by atoms with Crippen molar-refractivity contribution >= 4 is 11.5 Å². The summed E-state index contributed by atoms with van der Waals surface area (Å²) in [5, 5.41) is 9.56. The van der Waals surface area contributed by atoms with Gasteiger partial charge in [0.1, 0.15) is 11.6 Å². The number of fused-ring (bicyclic) bond motifs is 1. The summed E-state index contributed by atoms with van der Waals surface area (Å²) >= 11 is 0. The first-order chi connectivity index (χ1) is 9.15. The summed E-state index contributed by atoms with van der Waals surface area (Å²) in [6.45, 7) is 2.85. The number of nitrogens with one attached hydrogen (secondary N) is 2. The molecule has 0 spiro atoms. The van der Waals surface area contributed by atoms with E-state index in [4.69, 9.17) is 10.5 Å². The number of nitrogens with zero attached hydrogens (tertiary/aromatic N) is 3. The topological polar surface area (TPSA) is 110 Å². The predicted molar refractivity (Wildman–Crippen MR) is 71.3 cm³/mol. The molecule has 1 unspecified atom stereocenters. The number of hydrogen-bond acceptors (Lipinski definition) is 6. The molecule has 0 saturated heterocycles. The Labute approximate surface area is 110 Å². The summed E-state index contributed by atoms with van der Waals surface area (Å²) in [7, 11) is 1.64. The van der Waals surface area contributed by atoms with Crippen LogP contribution in [0.2, 0.25) is 0 Å². The molecule has 2 heterocycles. The van der Waals surface area contributed by atoms with E-state index in [1.165, 1.54) is 4.40 Å². The van der Waals surface area contributed by atoms with Crippen molar-refractivity contribution < 1.29 is 4.74 Å². The molecule has 0 saturated carbocycles. The Morgan fingerprint density at radius 2 is 2.42 bits per heavy atom. The van der Waals surface area contributed by atoms with E-state index in [0.29, 0.717) is 30.4 Å². The summed E-state index contributed by atoms with van der Waals surface area (Å²) in [5.74, 6) is 1.22. The summed E-state index contributed by atoms with van der Waals surface area (Å²) in [6, 6.07) is 1.79. The van der Waals surface area contributed by atoms with Crippen LogP contribution in [0.3, 0.4) is 0 Å². The largest absolute Gasteiger partial charge is 0.383 e. The Bertz CT molecular complexity index is 599. The second kappa shape index (κ2) is 5.81. The first kappa shape index (κ1) is 13.5. The molecule has 0 aromatic carbocycles. The predicted octanol–water partition coefficient (Wildman–Crippen LogP) is -0.498. The summed E-state index contributed by atoms with van der Waals surface area (Å²) in [6.07, 6.45) is 0.771. The molecule has 0 bridgehead atoms. The SMILES string of the molecule is COCC(CCN)Nc1cc2n[nH]c(=O)n2c(C)n1. The van der Waals surface area contributed by atoms with E-state index < -0.39 is 0 Å². The molecule has 104 valence electrons. The molecule has 8 nitrogen and oxygen atoms in total. The number of ether oxygens (including phenoxy) is 1. The first-order valence-electron chi connectivity index (χ1n) is 6.06. The molecule has 0 fully saturated rings. The number of nitrogens with two attached hydrogens (primary N) is 1. The highest BCUT2D eigenvalue weighted by Crippen LogP contribution is 2.10. The average Bonchev–Trinajstić information content (AvgIpc) is 2.72. The molecule has 0 radical (unpaired) electrons. The van der Waals surface area contributed by atoms with Gasteiger partial charge in [-0.15, -0.1) is 0 Å². The lowest BCUT2D eigenvalue weighted by Crippen LogP contribution is -2.28. The monoisotopic (exact) mass is 266 g/mol. The molecule has 8 heteroatoms. The van der Waals surface area contributed by atoms with Crippen molar-refractivity contribution in [1.29, 1.82) is 0 Å². The minimum Gasteiger partial charge on any atom is -0.383 e. The number of aromatic amines is 1. The number of H-pyrrole nitrogens is 1. The Balaban J connectivity index is 2.27. The fraction of sp³-hybridized carbons (Fsp3) is 0.545. The second-order valence-corrected chi connectivity index (χ2v) is 4.28. The van der Waals surface area contributed by atoms with Crippen LogP contribution in [0.5, 0.6) is 0 Å². The zero-order chi connectivity index (χ0) is 13.8. The molecule has 4 N–H and O–H groups in total. The van der Waals surface area contributed by atoms with Crippen LogP contribution in [0.25, 0.3) is 5.65 Å². The summed E-state index contributed by atoms with van der Waals surface area (Å²) in [5.41, 5.74) is 5.80. The van der Waals surface area contributed by atoms with Crippen LogP contribution in [0.15, 0.2) is 10.9 Å². The third-order valence-electron chi connectivity index (χ3n) is 2.80. The number of anilines is 1. The molecule has 19 heavy (non-hydrogen) atoms. The molecule has 1 atom stereocenters. The first-order valence-corrected chi connectivity index (χ1v) is 6.06. The van der Waals surface area contributed by atoms with E-state index in [-0.39, 0.29) is 11.7 Å². The normalized spacial score (nSPS) is 12.8. The number of aryl methyl sites for hydroxylation is 1. The molecule has 2 rings (SSSR count). The highest BCUT2D eigenvalue weighted by Gasteiger charge is 2.11. The van der Waals surface area contributed by atoms with Crippen molar-refractivity contribution in [2.75, 3.05) is 25.6 Å². The van der Waals surface area contributed by atoms with Crippen LogP contribution >= 0.6 is 0 Å². The Morgan fingerprint density at radius 1 is 1.63 bits per heavy atom. The quantitative estimate of drug-likeness (QED) is 0.650. The van der Waals surface area contributed by atoms with Crippen molar-refractivity contribution in [3.05, 3.63) is 22.4 Å². The maximum absolute atomic E-state index is 11.5. The van der Waals surface area contributed by atoms with E-state index >= 15 is 0 Å². The Kier molecular flexibility index (Phi) is 4.13. The van der Waals surface area contributed by atoms with Crippen molar-refractivity contribution in [2.45, 2.75) is 19.4 Å². The summed E-state index contributed by atoms with van der Waals surface area (Å²) < 4.78 is 6.54. The highest BCUT2D eigenvalue weighted by atomic mass is 16.5. The van der Waals surface area contributed by atoms with Gasteiger partial charge in [-0.05, 0) is 19.9 Å². The highest BCUT2D eigenvalue weighted by molar-refractivity contribution is 5.50. The fourth-order valence-electron chi connectivity index (χ4n) is 1.98. The maximum atomic E-state index is 11.5. The van der Waals surface area contributed by atoms with Crippen LogP contribution in [0.1, 0.15) is 12.2 Å². The van der Waals surface area contributed by atoms with Gasteiger partial charge >= 0.3 is 5.69 Å². The average molecular weight is 266 g/mol. The van der Waals surface area contributed by atoms with Gasteiger partial charge in [0.2, 0.25) is 0 Å². The van der Waals surface area contributed by atoms with Gasteiger partial charge in [-0.2, -0.15) is 5.10 Å². The van der Waals surface area contributed by atoms with Crippen molar-refractivity contribution in [2.24, 2.45) is 5.73 Å². The van der Waals surface area contributed by atoms with Gasteiger partial charge in [0.15, 0.2) is 5.65 Å². The van der Waals surface area contributed by atoms with Gasteiger partial charge in [-0.25, -0.2) is 19.3 Å². The van der Waals surface area contributed by atoms with Gasteiger partial charge in [-0.3, -0.25) is 0 Å².